The molecule has 9 nitrogen and oxygen atoms in total. The van der Waals surface area contributed by atoms with Gasteiger partial charge in [-0.05, 0) is 52.8 Å². The SMILES string of the molecule is COS(=O)(=O)[O-].COc1ccc2c(c1)sc(N=Nc1ccc(N(C)C)cc1)[n+]2C. The molecule has 0 amide bonds. The van der Waals surface area contributed by atoms with Crippen molar-refractivity contribution in [2.24, 2.45) is 17.3 Å². The van der Waals surface area contributed by atoms with Crippen molar-refractivity contribution in [3.63, 3.8) is 0 Å². The minimum atomic E-state index is -4.41. The molecule has 3 rings (SSSR count). The largest absolute Gasteiger partial charge is 0.726 e. The summed E-state index contributed by atoms with van der Waals surface area (Å²) in [6.45, 7) is 0. The van der Waals surface area contributed by atoms with Gasteiger partial charge in [-0.1, -0.05) is 0 Å². The number of ether oxygens (including phenoxy) is 1. The van der Waals surface area contributed by atoms with Gasteiger partial charge in [-0.15, -0.1) is 0 Å². The van der Waals surface area contributed by atoms with E-state index < -0.39 is 10.4 Å². The molecule has 0 bridgehead atoms. The number of azo groups is 1. The maximum atomic E-state index is 9.22. The number of aromatic nitrogens is 1. The molecule has 156 valence electrons. The standard InChI is InChI=1S/C17H19N4OS.CH4O4S/c1-20(2)13-7-5-12(6-8-13)18-19-17-21(3)15-10-9-14(22-4)11-16(15)23-17;1-5-6(2,3)4/h5-11H,1-4H3;1H3,(H,2,3,4)/q+1;/p-1. The summed E-state index contributed by atoms with van der Waals surface area (Å²) in [5, 5.41) is 9.59. The fourth-order valence-corrected chi connectivity index (χ4v) is 3.25. The van der Waals surface area contributed by atoms with Gasteiger partial charge in [0, 0.05) is 25.8 Å². The van der Waals surface area contributed by atoms with Crippen molar-refractivity contribution >= 4 is 48.5 Å². The van der Waals surface area contributed by atoms with E-state index in [4.69, 9.17) is 4.74 Å². The maximum Gasteiger partial charge on any atom is 0.409 e. The number of benzene rings is 2. The molecule has 0 aliphatic rings. The molecule has 0 atom stereocenters. The topological polar surface area (TPSA) is 108 Å². The second-order valence-corrected chi connectivity index (χ2v) is 8.12. The average molecular weight is 439 g/mol. The van der Waals surface area contributed by atoms with E-state index in [1.807, 2.05) is 68.2 Å². The van der Waals surface area contributed by atoms with E-state index >= 15 is 0 Å². The Bertz CT molecular complexity index is 1090. The van der Waals surface area contributed by atoms with Crippen LogP contribution in [0.3, 0.4) is 0 Å². The highest BCUT2D eigenvalue weighted by Crippen LogP contribution is 2.30. The Morgan fingerprint density at radius 3 is 2.21 bits per heavy atom. The number of rotatable bonds is 5. The molecule has 11 heteroatoms. The Hall–Kier alpha value is -2.60. The molecule has 0 fully saturated rings. The zero-order chi connectivity index (χ0) is 21.6. The molecule has 0 saturated carbocycles. The van der Waals surface area contributed by atoms with Gasteiger partial charge in [0.15, 0.2) is 0 Å². The van der Waals surface area contributed by atoms with Crippen LogP contribution in [-0.4, -0.2) is 41.3 Å². The zero-order valence-electron chi connectivity index (χ0n) is 16.7. The highest BCUT2D eigenvalue weighted by atomic mass is 32.3. The summed E-state index contributed by atoms with van der Waals surface area (Å²) in [6.07, 6.45) is 0. The van der Waals surface area contributed by atoms with Gasteiger partial charge in [-0.25, -0.2) is 13.0 Å². The average Bonchev–Trinajstić information content (AvgIpc) is 3.01. The van der Waals surface area contributed by atoms with E-state index in [0.29, 0.717) is 0 Å². The molecule has 0 spiro atoms. The van der Waals surface area contributed by atoms with Crippen molar-refractivity contribution in [3.05, 3.63) is 42.5 Å². The number of nitrogens with zero attached hydrogens (tertiary/aromatic N) is 4. The molecule has 0 aliphatic carbocycles. The molecule has 1 aromatic heterocycles. The monoisotopic (exact) mass is 438 g/mol. The lowest BCUT2D eigenvalue weighted by Gasteiger charge is -2.11. The number of thiazole rings is 1. The molecular weight excluding hydrogens is 416 g/mol. The highest BCUT2D eigenvalue weighted by Gasteiger charge is 2.16. The molecule has 2 aromatic carbocycles. The zero-order valence-corrected chi connectivity index (χ0v) is 18.3. The summed E-state index contributed by atoms with van der Waals surface area (Å²) in [5.74, 6) is 0.849. The van der Waals surface area contributed by atoms with E-state index in [1.165, 1.54) is 0 Å². The van der Waals surface area contributed by atoms with Crippen LogP contribution in [0.5, 0.6) is 5.75 Å². The minimum absolute atomic E-state index is 0.808. The lowest BCUT2D eigenvalue weighted by Crippen LogP contribution is -2.25. The third-order valence-corrected chi connectivity index (χ3v) is 5.33. The quantitative estimate of drug-likeness (QED) is 0.262. The molecule has 0 saturated heterocycles. The number of hydrogen-bond acceptors (Lipinski definition) is 9. The van der Waals surface area contributed by atoms with E-state index in [9.17, 15) is 13.0 Å². The minimum Gasteiger partial charge on any atom is -0.726 e. The first-order valence-corrected chi connectivity index (χ1v) is 10.5. The molecule has 3 aromatic rings. The number of aryl methyl sites for hydroxylation is 1. The first kappa shape index (κ1) is 22.7. The van der Waals surface area contributed by atoms with Crippen molar-refractivity contribution < 1.29 is 26.5 Å². The van der Waals surface area contributed by atoms with Crippen LogP contribution < -0.4 is 14.2 Å². The Morgan fingerprint density at radius 2 is 1.69 bits per heavy atom. The third-order valence-electron chi connectivity index (χ3n) is 3.84. The van der Waals surface area contributed by atoms with Crippen LogP contribution >= 0.6 is 11.3 Å². The molecule has 0 unspecified atom stereocenters. The van der Waals surface area contributed by atoms with Crippen molar-refractivity contribution in [2.45, 2.75) is 0 Å². The summed E-state index contributed by atoms with van der Waals surface area (Å²) in [7, 11) is 4.10. The maximum absolute atomic E-state index is 9.22. The van der Waals surface area contributed by atoms with Crippen LogP contribution in [0.25, 0.3) is 10.2 Å². The lowest BCUT2D eigenvalue weighted by molar-refractivity contribution is -0.627. The highest BCUT2D eigenvalue weighted by molar-refractivity contribution is 7.80. The fraction of sp³-hybridized carbons (Fsp3) is 0.278. The first-order chi connectivity index (χ1) is 13.6. The first-order valence-electron chi connectivity index (χ1n) is 8.31. The van der Waals surface area contributed by atoms with Gasteiger partial charge in [-0.2, -0.15) is 0 Å². The second kappa shape index (κ2) is 9.74. The molecular formula is C18H22N4O5S2. The Morgan fingerprint density at radius 1 is 1.07 bits per heavy atom. The summed E-state index contributed by atoms with van der Waals surface area (Å²) in [5.41, 5.74) is 3.10. The van der Waals surface area contributed by atoms with Gasteiger partial charge in [0.25, 0.3) is 0 Å². The Labute approximate surface area is 173 Å². The number of methoxy groups -OCH3 is 1. The van der Waals surface area contributed by atoms with E-state index in [1.54, 1.807) is 18.4 Å². The molecule has 0 radical (unpaired) electrons. The van der Waals surface area contributed by atoms with Gasteiger partial charge < -0.3 is 14.2 Å². The second-order valence-electron chi connectivity index (χ2n) is 5.96. The summed E-state index contributed by atoms with van der Waals surface area (Å²) >= 11 is 1.60. The Balaban J connectivity index is 0.000000438. The van der Waals surface area contributed by atoms with Crippen LogP contribution in [0.15, 0.2) is 52.7 Å². The van der Waals surface area contributed by atoms with Gasteiger partial charge >= 0.3 is 5.13 Å². The summed E-state index contributed by atoms with van der Waals surface area (Å²) in [4.78, 5) is 2.06. The number of hydrogen-bond donors (Lipinski definition) is 0. The summed E-state index contributed by atoms with van der Waals surface area (Å²) < 4.78 is 39.5. The normalized spacial score (nSPS) is 11.4. The van der Waals surface area contributed by atoms with Gasteiger partial charge in [0.05, 0.1) is 31.1 Å². The van der Waals surface area contributed by atoms with Crippen LogP contribution in [0, 0.1) is 0 Å². The van der Waals surface area contributed by atoms with Gasteiger partial charge in [0.1, 0.15) is 17.0 Å². The van der Waals surface area contributed by atoms with Crippen molar-refractivity contribution in [2.75, 3.05) is 33.2 Å². The molecule has 1 heterocycles. The fourth-order valence-electron chi connectivity index (χ4n) is 2.26. The predicted molar refractivity (Wildman–Crippen MR) is 111 cm³/mol. The smallest absolute Gasteiger partial charge is 0.409 e. The number of fused-ring (bicyclic) bond motifs is 1. The predicted octanol–water partition coefficient (Wildman–Crippen LogP) is 3.31. The van der Waals surface area contributed by atoms with E-state index in [0.717, 1.165) is 39.6 Å². The van der Waals surface area contributed by atoms with Crippen molar-refractivity contribution in [3.8, 4) is 5.75 Å². The lowest BCUT2D eigenvalue weighted by atomic mass is 10.3. The van der Waals surface area contributed by atoms with Crippen molar-refractivity contribution in [1.82, 2.24) is 0 Å². The van der Waals surface area contributed by atoms with Crippen LogP contribution in [-0.2, 0) is 21.6 Å². The number of anilines is 1. The molecule has 0 aliphatic heterocycles. The summed E-state index contributed by atoms with van der Waals surface area (Å²) in [6, 6.07) is 14.0. The van der Waals surface area contributed by atoms with Gasteiger partial charge in [0.2, 0.25) is 10.4 Å². The third kappa shape index (κ3) is 6.46. The van der Waals surface area contributed by atoms with E-state index in [2.05, 4.69) is 19.3 Å². The van der Waals surface area contributed by atoms with Crippen LogP contribution in [0.1, 0.15) is 0 Å². The van der Waals surface area contributed by atoms with Crippen molar-refractivity contribution in [1.29, 1.82) is 0 Å². The molecule has 0 N–H and O–H groups in total. The van der Waals surface area contributed by atoms with E-state index in [-0.39, 0.29) is 0 Å². The molecule has 29 heavy (non-hydrogen) atoms. The van der Waals surface area contributed by atoms with Gasteiger partial charge in [-0.3, -0.25) is 4.18 Å². The Kier molecular flexibility index (Phi) is 7.62. The van der Waals surface area contributed by atoms with Crippen LogP contribution in [0.2, 0.25) is 0 Å². The van der Waals surface area contributed by atoms with Crippen LogP contribution in [0.4, 0.5) is 16.5 Å².